The highest BCUT2D eigenvalue weighted by Crippen LogP contribution is 2.10. The predicted octanol–water partition coefficient (Wildman–Crippen LogP) is 2.23. The smallest absolute Gasteiger partial charge is 0.286 e. The predicted molar refractivity (Wildman–Crippen MR) is 76.7 cm³/mol. The fraction of sp³-hybridized carbons (Fsp3) is 0.167. The zero-order valence-electron chi connectivity index (χ0n) is 9.90. The second-order valence-corrected chi connectivity index (χ2v) is 5.56. The minimum atomic E-state index is -0.380. The van der Waals surface area contributed by atoms with Crippen LogP contribution in [0.5, 0.6) is 0 Å². The van der Waals surface area contributed by atoms with Gasteiger partial charge in [0.25, 0.3) is 5.91 Å². The van der Waals surface area contributed by atoms with E-state index in [-0.39, 0.29) is 11.8 Å². The standard InChI is InChI=1S/C12H12BrN3O2S/c13-9-5-10(14-6-9)12(18)16-15-11(17)2-1-8-3-4-19-7-8/h3-7,14H,1-2H2,(H,15,17)(H,16,18). The summed E-state index contributed by atoms with van der Waals surface area (Å²) in [6.45, 7) is 0. The highest BCUT2D eigenvalue weighted by atomic mass is 79.9. The van der Waals surface area contributed by atoms with Crippen LogP contribution >= 0.6 is 27.3 Å². The molecule has 0 aliphatic carbocycles. The van der Waals surface area contributed by atoms with E-state index >= 15 is 0 Å². The number of thiophene rings is 1. The van der Waals surface area contributed by atoms with Crippen LogP contribution in [-0.2, 0) is 11.2 Å². The van der Waals surface area contributed by atoms with E-state index in [1.807, 2.05) is 16.8 Å². The Morgan fingerprint density at radius 1 is 1.37 bits per heavy atom. The molecule has 0 bridgehead atoms. The first-order valence-corrected chi connectivity index (χ1v) is 7.33. The lowest BCUT2D eigenvalue weighted by Crippen LogP contribution is -2.41. The zero-order chi connectivity index (χ0) is 13.7. The van der Waals surface area contributed by atoms with E-state index in [1.165, 1.54) is 0 Å². The van der Waals surface area contributed by atoms with Gasteiger partial charge in [0.1, 0.15) is 5.69 Å². The number of carbonyl (C=O) groups excluding carboxylic acids is 2. The molecule has 2 amide bonds. The number of halogens is 1. The quantitative estimate of drug-likeness (QED) is 0.746. The number of rotatable bonds is 4. The number of hydrogen-bond acceptors (Lipinski definition) is 3. The summed E-state index contributed by atoms with van der Waals surface area (Å²) >= 11 is 4.83. The van der Waals surface area contributed by atoms with E-state index < -0.39 is 0 Å². The van der Waals surface area contributed by atoms with Gasteiger partial charge in [-0.1, -0.05) is 0 Å². The molecular weight excluding hydrogens is 330 g/mol. The highest BCUT2D eigenvalue weighted by molar-refractivity contribution is 9.10. The molecule has 0 fully saturated rings. The average molecular weight is 342 g/mol. The van der Waals surface area contributed by atoms with Crippen LogP contribution in [0.4, 0.5) is 0 Å². The molecule has 7 heteroatoms. The molecule has 2 rings (SSSR count). The molecule has 19 heavy (non-hydrogen) atoms. The Kier molecular flexibility index (Phi) is 4.75. The summed E-state index contributed by atoms with van der Waals surface area (Å²) in [6.07, 6.45) is 2.65. The number of aromatic amines is 1. The van der Waals surface area contributed by atoms with Crippen molar-refractivity contribution in [2.24, 2.45) is 0 Å². The van der Waals surface area contributed by atoms with Crippen molar-refractivity contribution in [2.45, 2.75) is 12.8 Å². The minimum Gasteiger partial charge on any atom is -0.356 e. The summed E-state index contributed by atoms with van der Waals surface area (Å²) in [5.41, 5.74) is 6.24. The Morgan fingerprint density at radius 2 is 2.21 bits per heavy atom. The monoisotopic (exact) mass is 341 g/mol. The van der Waals surface area contributed by atoms with Gasteiger partial charge in [0.05, 0.1) is 0 Å². The van der Waals surface area contributed by atoms with Crippen LogP contribution in [0.25, 0.3) is 0 Å². The molecule has 0 unspecified atom stereocenters. The third-order valence-electron chi connectivity index (χ3n) is 2.43. The van der Waals surface area contributed by atoms with Crippen LogP contribution in [0.2, 0.25) is 0 Å². The molecule has 2 aromatic heterocycles. The number of carbonyl (C=O) groups is 2. The summed E-state index contributed by atoms with van der Waals surface area (Å²) < 4.78 is 0.779. The fourth-order valence-corrected chi connectivity index (χ4v) is 2.49. The summed E-state index contributed by atoms with van der Waals surface area (Å²) in [5.74, 6) is -0.597. The number of hydrazine groups is 1. The van der Waals surface area contributed by atoms with Crippen molar-refractivity contribution in [1.29, 1.82) is 0 Å². The van der Waals surface area contributed by atoms with E-state index in [4.69, 9.17) is 0 Å². The Labute approximate surface area is 122 Å². The maximum Gasteiger partial charge on any atom is 0.286 e. The second-order valence-electron chi connectivity index (χ2n) is 3.87. The van der Waals surface area contributed by atoms with Crippen molar-refractivity contribution >= 4 is 39.1 Å². The van der Waals surface area contributed by atoms with Crippen LogP contribution in [0, 0.1) is 0 Å². The molecule has 0 aromatic carbocycles. The molecule has 0 saturated heterocycles. The van der Waals surface area contributed by atoms with Gasteiger partial charge in [-0.3, -0.25) is 20.4 Å². The number of nitrogens with one attached hydrogen (secondary N) is 3. The first-order chi connectivity index (χ1) is 9.15. The number of H-pyrrole nitrogens is 1. The maximum atomic E-state index is 11.6. The number of aryl methyl sites for hydroxylation is 1. The SMILES string of the molecule is O=C(CCc1ccsc1)NNC(=O)c1cc(Br)c[nH]1. The maximum absolute atomic E-state index is 11.6. The van der Waals surface area contributed by atoms with Crippen molar-refractivity contribution in [3.8, 4) is 0 Å². The molecule has 2 heterocycles. The molecule has 0 atom stereocenters. The van der Waals surface area contributed by atoms with Crippen LogP contribution in [0.3, 0.4) is 0 Å². The van der Waals surface area contributed by atoms with Crippen molar-refractivity contribution < 1.29 is 9.59 Å². The van der Waals surface area contributed by atoms with Gasteiger partial charge >= 0.3 is 0 Å². The van der Waals surface area contributed by atoms with Gasteiger partial charge in [-0.05, 0) is 50.8 Å². The number of aromatic nitrogens is 1. The van der Waals surface area contributed by atoms with Crippen molar-refractivity contribution in [1.82, 2.24) is 15.8 Å². The van der Waals surface area contributed by atoms with Crippen molar-refractivity contribution in [3.05, 3.63) is 44.8 Å². The van der Waals surface area contributed by atoms with Crippen LogP contribution in [0.15, 0.2) is 33.6 Å². The van der Waals surface area contributed by atoms with E-state index in [2.05, 4.69) is 31.8 Å². The lowest BCUT2D eigenvalue weighted by atomic mass is 10.2. The first-order valence-electron chi connectivity index (χ1n) is 5.59. The van der Waals surface area contributed by atoms with E-state index in [1.54, 1.807) is 23.6 Å². The van der Waals surface area contributed by atoms with Gasteiger partial charge in [-0.2, -0.15) is 11.3 Å². The molecule has 0 radical (unpaired) electrons. The Morgan fingerprint density at radius 3 is 2.84 bits per heavy atom. The summed E-state index contributed by atoms with van der Waals surface area (Å²) in [5, 5.41) is 3.97. The third kappa shape index (κ3) is 4.22. The van der Waals surface area contributed by atoms with E-state index in [0.29, 0.717) is 18.5 Å². The molecule has 3 N–H and O–H groups in total. The molecule has 100 valence electrons. The van der Waals surface area contributed by atoms with Gasteiger partial charge in [-0.15, -0.1) is 0 Å². The Balaban J connectivity index is 1.73. The lowest BCUT2D eigenvalue weighted by Gasteiger charge is -2.05. The fourth-order valence-electron chi connectivity index (χ4n) is 1.45. The molecule has 2 aromatic rings. The molecule has 5 nitrogen and oxygen atoms in total. The molecular formula is C12H12BrN3O2S. The summed E-state index contributed by atoms with van der Waals surface area (Å²) in [4.78, 5) is 25.9. The highest BCUT2D eigenvalue weighted by Gasteiger charge is 2.09. The molecule has 0 saturated carbocycles. The molecule has 0 aliphatic rings. The first kappa shape index (κ1) is 13.8. The van der Waals surface area contributed by atoms with E-state index in [0.717, 1.165) is 10.0 Å². The van der Waals surface area contributed by atoms with E-state index in [9.17, 15) is 9.59 Å². The normalized spacial score (nSPS) is 10.2. The molecule has 0 aliphatic heterocycles. The molecule has 0 spiro atoms. The zero-order valence-corrected chi connectivity index (χ0v) is 12.3. The van der Waals surface area contributed by atoms with Gasteiger partial charge in [0.15, 0.2) is 0 Å². The minimum absolute atomic E-state index is 0.217. The average Bonchev–Trinajstić information content (AvgIpc) is 3.04. The summed E-state index contributed by atoms with van der Waals surface area (Å²) in [7, 11) is 0. The third-order valence-corrected chi connectivity index (χ3v) is 3.62. The van der Waals surface area contributed by atoms with Crippen LogP contribution < -0.4 is 10.9 Å². The van der Waals surface area contributed by atoms with Crippen LogP contribution in [0.1, 0.15) is 22.5 Å². The van der Waals surface area contributed by atoms with Crippen molar-refractivity contribution in [2.75, 3.05) is 0 Å². The largest absolute Gasteiger partial charge is 0.356 e. The van der Waals surface area contributed by atoms with Gasteiger partial charge < -0.3 is 4.98 Å². The number of amides is 2. The van der Waals surface area contributed by atoms with Gasteiger partial charge in [0, 0.05) is 17.1 Å². The number of hydrogen-bond donors (Lipinski definition) is 3. The van der Waals surface area contributed by atoms with Gasteiger partial charge in [0.2, 0.25) is 5.91 Å². The lowest BCUT2D eigenvalue weighted by molar-refractivity contribution is -0.121. The van der Waals surface area contributed by atoms with Gasteiger partial charge in [-0.25, -0.2) is 0 Å². The Hall–Kier alpha value is -1.60. The summed E-state index contributed by atoms with van der Waals surface area (Å²) in [6, 6.07) is 3.61. The second kappa shape index (κ2) is 6.53. The topological polar surface area (TPSA) is 74.0 Å². The van der Waals surface area contributed by atoms with Crippen molar-refractivity contribution in [3.63, 3.8) is 0 Å². The van der Waals surface area contributed by atoms with Crippen LogP contribution in [-0.4, -0.2) is 16.8 Å². The Bertz CT molecular complexity index is 565.